The molecular formula is C20H28O. The number of ketones is 1. The summed E-state index contributed by atoms with van der Waals surface area (Å²) < 4.78 is 0. The number of hydrogen-bond donors (Lipinski definition) is 0. The van der Waals surface area contributed by atoms with Gasteiger partial charge in [0, 0.05) is 6.42 Å². The topological polar surface area (TPSA) is 17.1 Å². The number of fused-ring (bicyclic) bond motifs is 4. The minimum absolute atomic E-state index is 0.322. The zero-order valence-corrected chi connectivity index (χ0v) is 13.8. The van der Waals surface area contributed by atoms with E-state index in [1.54, 1.807) is 0 Å². The minimum atomic E-state index is 0.322. The highest BCUT2D eigenvalue weighted by atomic mass is 16.1. The molecule has 4 aliphatic carbocycles. The number of hydrogen-bond acceptors (Lipinski definition) is 1. The van der Waals surface area contributed by atoms with E-state index in [1.165, 1.54) is 44.1 Å². The Morgan fingerprint density at radius 3 is 2.62 bits per heavy atom. The second-order valence-electron chi connectivity index (χ2n) is 8.73. The lowest BCUT2D eigenvalue weighted by atomic mass is 9.52. The van der Waals surface area contributed by atoms with E-state index >= 15 is 0 Å². The minimum Gasteiger partial charge on any atom is -0.295 e. The van der Waals surface area contributed by atoms with Gasteiger partial charge in [0.1, 0.15) is 0 Å². The predicted octanol–water partition coefficient (Wildman–Crippen LogP) is 5.22. The fourth-order valence-corrected chi connectivity index (χ4v) is 6.04. The number of carbonyl (C=O) groups excluding carboxylic acids is 1. The first-order chi connectivity index (χ1) is 9.92. The lowest BCUT2D eigenvalue weighted by Crippen LogP contribution is -2.43. The molecule has 0 spiro atoms. The molecule has 0 heterocycles. The molecular weight excluding hydrogens is 256 g/mol. The van der Waals surface area contributed by atoms with Crippen molar-refractivity contribution in [2.45, 2.75) is 72.1 Å². The van der Waals surface area contributed by atoms with Gasteiger partial charge in [-0.3, -0.25) is 4.79 Å². The van der Waals surface area contributed by atoms with Gasteiger partial charge in [-0.2, -0.15) is 0 Å². The molecule has 1 fully saturated rings. The van der Waals surface area contributed by atoms with Crippen molar-refractivity contribution in [1.29, 1.82) is 0 Å². The molecule has 0 aliphatic heterocycles. The van der Waals surface area contributed by atoms with Crippen LogP contribution < -0.4 is 0 Å². The van der Waals surface area contributed by atoms with Gasteiger partial charge >= 0.3 is 0 Å². The van der Waals surface area contributed by atoms with E-state index in [2.05, 4.69) is 20.8 Å². The quantitative estimate of drug-likeness (QED) is 0.557. The van der Waals surface area contributed by atoms with Crippen LogP contribution >= 0.6 is 0 Å². The summed E-state index contributed by atoms with van der Waals surface area (Å²) in [6.07, 6.45) is 11.7. The largest absolute Gasteiger partial charge is 0.295 e. The smallest absolute Gasteiger partial charge is 0.155 e. The summed E-state index contributed by atoms with van der Waals surface area (Å²) in [4.78, 5) is 11.8. The molecule has 0 aromatic carbocycles. The lowest BCUT2D eigenvalue weighted by Gasteiger charge is -2.52. The Bertz CT molecular complexity index is 562. The van der Waals surface area contributed by atoms with Gasteiger partial charge in [-0.05, 0) is 73.7 Å². The third-order valence-corrected chi connectivity index (χ3v) is 7.37. The highest BCUT2D eigenvalue weighted by Crippen LogP contribution is 2.62. The maximum atomic E-state index is 11.8. The van der Waals surface area contributed by atoms with Crippen molar-refractivity contribution in [3.05, 3.63) is 22.8 Å². The van der Waals surface area contributed by atoms with Gasteiger partial charge in [-0.25, -0.2) is 0 Å². The molecule has 3 atom stereocenters. The van der Waals surface area contributed by atoms with Crippen LogP contribution in [0.15, 0.2) is 22.8 Å². The molecule has 114 valence electrons. The highest BCUT2D eigenvalue weighted by molar-refractivity contribution is 5.91. The van der Waals surface area contributed by atoms with Crippen molar-refractivity contribution >= 4 is 5.78 Å². The number of carbonyl (C=O) groups is 1. The maximum absolute atomic E-state index is 11.8. The van der Waals surface area contributed by atoms with Gasteiger partial charge < -0.3 is 0 Å². The molecule has 1 saturated carbocycles. The second kappa shape index (κ2) is 4.33. The van der Waals surface area contributed by atoms with Crippen molar-refractivity contribution in [2.75, 3.05) is 0 Å². The Hall–Kier alpha value is -0.850. The molecule has 0 bridgehead atoms. The first kappa shape index (κ1) is 13.8. The van der Waals surface area contributed by atoms with Crippen molar-refractivity contribution < 1.29 is 4.79 Å². The van der Waals surface area contributed by atoms with E-state index in [-0.39, 0.29) is 0 Å². The summed E-state index contributed by atoms with van der Waals surface area (Å²) in [5, 5.41) is 0. The van der Waals surface area contributed by atoms with Crippen LogP contribution in [0.25, 0.3) is 0 Å². The Labute approximate surface area is 128 Å². The van der Waals surface area contributed by atoms with Crippen LogP contribution in [0.2, 0.25) is 0 Å². The average Bonchev–Trinajstić information content (AvgIpc) is 2.76. The van der Waals surface area contributed by atoms with E-state index in [1.807, 2.05) is 17.2 Å². The van der Waals surface area contributed by atoms with Gasteiger partial charge in [0.25, 0.3) is 0 Å². The van der Waals surface area contributed by atoms with Crippen molar-refractivity contribution in [3.63, 3.8) is 0 Å². The third-order valence-electron chi connectivity index (χ3n) is 7.37. The highest BCUT2D eigenvalue weighted by Gasteiger charge is 2.51. The van der Waals surface area contributed by atoms with Gasteiger partial charge in [0.15, 0.2) is 5.78 Å². The zero-order chi connectivity index (χ0) is 14.8. The Morgan fingerprint density at radius 2 is 1.81 bits per heavy atom. The molecule has 0 saturated heterocycles. The molecule has 0 aromatic rings. The van der Waals surface area contributed by atoms with Crippen LogP contribution in [0.5, 0.6) is 0 Å². The summed E-state index contributed by atoms with van der Waals surface area (Å²) in [6.45, 7) is 7.36. The summed E-state index contributed by atoms with van der Waals surface area (Å²) in [5.41, 5.74) is 5.92. The summed E-state index contributed by atoms with van der Waals surface area (Å²) in [6, 6.07) is 0. The van der Waals surface area contributed by atoms with Gasteiger partial charge in [-0.15, -0.1) is 0 Å². The second-order valence-corrected chi connectivity index (χ2v) is 8.73. The molecule has 0 unspecified atom stereocenters. The molecule has 4 aliphatic rings. The van der Waals surface area contributed by atoms with Crippen molar-refractivity contribution in [3.8, 4) is 0 Å². The number of rotatable bonds is 0. The molecule has 0 aromatic heterocycles. The van der Waals surface area contributed by atoms with E-state index in [9.17, 15) is 4.79 Å². The maximum Gasteiger partial charge on any atom is 0.155 e. The Kier molecular flexibility index (Phi) is 2.85. The van der Waals surface area contributed by atoms with Crippen LogP contribution in [0.1, 0.15) is 72.1 Å². The average molecular weight is 284 g/mol. The fourth-order valence-electron chi connectivity index (χ4n) is 6.04. The standard InChI is InChI=1S/C20H28O/c1-19(2)10-9-16-15-5-4-13-12-14(21)8-11-20(13,3)18(15)7-6-17(16)19/h12,15,18H,4-11H2,1-3H3/t15-,18+,20+/m0/s1. The summed E-state index contributed by atoms with van der Waals surface area (Å²) in [7, 11) is 0. The molecule has 0 N–H and O–H groups in total. The van der Waals surface area contributed by atoms with Crippen molar-refractivity contribution in [2.24, 2.45) is 22.7 Å². The first-order valence-electron chi connectivity index (χ1n) is 8.88. The van der Waals surface area contributed by atoms with E-state index in [4.69, 9.17) is 0 Å². The van der Waals surface area contributed by atoms with E-state index < -0.39 is 0 Å². The summed E-state index contributed by atoms with van der Waals surface area (Å²) in [5.74, 6) is 2.00. The molecule has 0 radical (unpaired) electrons. The SMILES string of the molecule is CC1(C)CCC2=C1CC[C@@H]1[C@H]2CCC2=CC(=O)CC[C@]21C. The molecule has 4 rings (SSSR count). The van der Waals surface area contributed by atoms with Crippen LogP contribution in [0.4, 0.5) is 0 Å². The first-order valence-corrected chi connectivity index (χ1v) is 8.88. The van der Waals surface area contributed by atoms with Gasteiger partial charge in [-0.1, -0.05) is 37.5 Å². The van der Waals surface area contributed by atoms with E-state index in [0.717, 1.165) is 24.7 Å². The van der Waals surface area contributed by atoms with Crippen LogP contribution in [-0.2, 0) is 4.79 Å². The monoisotopic (exact) mass is 284 g/mol. The molecule has 1 heteroatoms. The molecule has 21 heavy (non-hydrogen) atoms. The zero-order valence-electron chi connectivity index (χ0n) is 13.8. The van der Waals surface area contributed by atoms with Crippen LogP contribution in [0, 0.1) is 22.7 Å². The normalized spacial score (nSPS) is 41.3. The Morgan fingerprint density at radius 1 is 1.00 bits per heavy atom. The molecule has 1 nitrogen and oxygen atoms in total. The van der Waals surface area contributed by atoms with Crippen LogP contribution in [0.3, 0.4) is 0 Å². The summed E-state index contributed by atoms with van der Waals surface area (Å²) >= 11 is 0. The lowest BCUT2D eigenvalue weighted by molar-refractivity contribution is -0.116. The predicted molar refractivity (Wildman–Crippen MR) is 85.9 cm³/mol. The van der Waals surface area contributed by atoms with E-state index in [0.29, 0.717) is 16.6 Å². The third kappa shape index (κ3) is 1.85. The van der Waals surface area contributed by atoms with Gasteiger partial charge in [0.05, 0.1) is 0 Å². The van der Waals surface area contributed by atoms with Crippen LogP contribution in [-0.4, -0.2) is 5.78 Å². The van der Waals surface area contributed by atoms with Gasteiger partial charge in [0.2, 0.25) is 0 Å². The Balaban J connectivity index is 1.73. The fraction of sp³-hybridized carbons (Fsp3) is 0.750. The molecule has 0 amide bonds. The number of allylic oxidation sites excluding steroid dienone is 4. The van der Waals surface area contributed by atoms with Crippen molar-refractivity contribution in [1.82, 2.24) is 0 Å².